The van der Waals surface area contributed by atoms with E-state index < -0.39 is 41.1 Å². The molecule has 1 aromatic carbocycles. The molecule has 2 unspecified atom stereocenters. The summed E-state index contributed by atoms with van der Waals surface area (Å²) in [6.45, 7) is 10.2. The van der Waals surface area contributed by atoms with E-state index >= 15 is 0 Å². The van der Waals surface area contributed by atoms with Crippen LogP contribution in [0.3, 0.4) is 0 Å². The third-order valence-electron chi connectivity index (χ3n) is 8.37. The van der Waals surface area contributed by atoms with Crippen LogP contribution in [0, 0.1) is 11.8 Å². The molecule has 0 aromatic heterocycles. The lowest BCUT2D eigenvalue weighted by atomic mass is 9.66. The SMILES string of the molecule is C=CCN(CCCCC)C(=O)C1N([C@H](CO)c2ccccc2)C(=O)[C@@H]2[C@@H](C(=O)OCC)[C@@]3(C)CCC12O3. The number of rotatable bonds is 12. The number of carbonyl (C=O) groups is 3. The van der Waals surface area contributed by atoms with Gasteiger partial charge in [-0.15, -0.1) is 6.58 Å². The molecule has 3 aliphatic rings. The molecule has 0 radical (unpaired) electrons. The maximum Gasteiger partial charge on any atom is 0.312 e. The molecule has 3 fully saturated rings. The van der Waals surface area contributed by atoms with Crippen LogP contribution in [-0.2, 0) is 23.9 Å². The van der Waals surface area contributed by atoms with Gasteiger partial charge < -0.3 is 24.4 Å². The number of amides is 2. The molecule has 0 aliphatic carbocycles. The van der Waals surface area contributed by atoms with Crippen LogP contribution in [0.1, 0.15) is 64.5 Å². The van der Waals surface area contributed by atoms with E-state index in [1.165, 1.54) is 4.90 Å². The molecule has 1 N–H and O–H groups in total. The van der Waals surface area contributed by atoms with Gasteiger partial charge in [0, 0.05) is 13.1 Å². The minimum atomic E-state index is -1.16. The molecule has 8 heteroatoms. The minimum absolute atomic E-state index is 0.194. The van der Waals surface area contributed by atoms with E-state index in [0.717, 1.165) is 24.8 Å². The predicted octanol–water partition coefficient (Wildman–Crippen LogP) is 3.25. The van der Waals surface area contributed by atoms with E-state index in [9.17, 15) is 19.5 Å². The number of likely N-dealkylation sites (tertiary alicyclic amines) is 1. The van der Waals surface area contributed by atoms with E-state index in [2.05, 4.69) is 13.5 Å². The molecule has 2 bridgehead atoms. The Morgan fingerprint density at radius 1 is 1.27 bits per heavy atom. The Kier molecular flexibility index (Phi) is 8.09. The molecule has 8 nitrogen and oxygen atoms in total. The first-order chi connectivity index (χ1) is 17.8. The Hall–Kier alpha value is -2.71. The molecule has 1 aromatic rings. The number of benzene rings is 1. The molecule has 1 spiro atoms. The maximum atomic E-state index is 14.4. The Morgan fingerprint density at radius 2 is 2.00 bits per heavy atom. The summed E-state index contributed by atoms with van der Waals surface area (Å²) in [5, 5.41) is 10.5. The van der Waals surface area contributed by atoms with Crippen LogP contribution >= 0.6 is 0 Å². The standard InChI is InChI=1S/C29H40N2O6/c1-5-8-12-18-30(17-6-2)26(34)24-29-16-15-28(4,37-29)23(27(35)36-7-3)22(29)25(33)31(24)21(19-32)20-13-10-9-11-14-20/h6,9-11,13-14,21-24,32H,2,5,7-8,12,15-19H2,1,3-4H3/t21-,22+,23+,24?,28-,29?/m1/s1. The summed E-state index contributed by atoms with van der Waals surface area (Å²) in [4.78, 5) is 45.1. The zero-order chi connectivity index (χ0) is 26.8. The number of carbonyl (C=O) groups excluding carboxylic acids is 3. The lowest BCUT2D eigenvalue weighted by Crippen LogP contribution is -2.57. The van der Waals surface area contributed by atoms with Gasteiger partial charge in [0.1, 0.15) is 17.6 Å². The van der Waals surface area contributed by atoms with Crippen molar-refractivity contribution in [2.75, 3.05) is 26.3 Å². The van der Waals surface area contributed by atoms with Crippen molar-refractivity contribution in [3.63, 3.8) is 0 Å². The first kappa shape index (κ1) is 27.3. The molecule has 3 saturated heterocycles. The van der Waals surface area contributed by atoms with Gasteiger partial charge in [0.2, 0.25) is 11.8 Å². The van der Waals surface area contributed by atoms with Gasteiger partial charge in [-0.1, -0.05) is 56.2 Å². The van der Waals surface area contributed by atoms with Crippen molar-refractivity contribution < 1.29 is 29.0 Å². The predicted molar refractivity (Wildman–Crippen MR) is 138 cm³/mol. The highest BCUT2D eigenvalue weighted by Gasteiger charge is 2.79. The summed E-state index contributed by atoms with van der Waals surface area (Å²) in [5.41, 5.74) is -1.32. The van der Waals surface area contributed by atoms with Crippen molar-refractivity contribution in [3.8, 4) is 0 Å². The van der Waals surface area contributed by atoms with Crippen LogP contribution in [0.15, 0.2) is 43.0 Å². The molecular formula is C29H40N2O6. The number of hydrogen-bond donors (Lipinski definition) is 1. The fourth-order valence-corrected chi connectivity index (χ4v) is 6.77. The van der Waals surface area contributed by atoms with Crippen molar-refractivity contribution >= 4 is 17.8 Å². The normalized spacial score (nSPS) is 30.8. The smallest absolute Gasteiger partial charge is 0.312 e. The highest BCUT2D eigenvalue weighted by atomic mass is 16.6. The molecule has 37 heavy (non-hydrogen) atoms. The first-order valence-corrected chi connectivity index (χ1v) is 13.5. The molecule has 0 saturated carbocycles. The highest BCUT2D eigenvalue weighted by molar-refractivity contribution is 5.98. The van der Waals surface area contributed by atoms with Crippen LogP contribution in [0.4, 0.5) is 0 Å². The molecule has 6 atom stereocenters. The molecule has 3 heterocycles. The molecule has 4 rings (SSSR count). The Bertz CT molecular complexity index is 1010. The monoisotopic (exact) mass is 512 g/mol. The van der Waals surface area contributed by atoms with E-state index in [4.69, 9.17) is 9.47 Å². The van der Waals surface area contributed by atoms with Gasteiger partial charge in [-0.2, -0.15) is 0 Å². The number of hydrogen-bond acceptors (Lipinski definition) is 6. The number of ether oxygens (including phenoxy) is 2. The fraction of sp³-hybridized carbons (Fsp3) is 0.621. The summed E-state index contributed by atoms with van der Waals surface area (Å²) < 4.78 is 12.1. The largest absolute Gasteiger partial charge is 0.466 e. The lowest BCUT2D eigenvalue weighted by Gasteiger charge is -2.39. The van der Waals surface area contributed by atoms with Crippen molar-refractivity contribution in [2.45, 2.75) is 76.2 Å². The second kappa shape index (κ2) is 11.0. The number of unbranched alkanes of at least 4 members (excludes halogenated alkanes) is 2. The zero-order valence-corrected chi connectivity index (χ0v) is 22.2. The Labute approximate surface area is 219 Å². The quantitative estimate of drug-likeness (QED) is 0.262. The highest BCUT2D eigenvalue weighted by Crippen LogP contribution is 2.64. The van der Waals surface area contributed by atoms with Gasteiger partial charge >= 0.3 is 5.97 Å². The van der Waals surface area contributed by atoms with E-state index in [-0.39, 0.29) is 25.0 Å². The maximum absolute atomic E-state index is 14.4. The van der Waals surface area contributed by atoms with Crippen LogP contribution in [0.2, 0.25) is 0 Å². The number of aliphatic hydroxyl groups is 1. The third kappa shape index (κ3) is 4.48. The fourth-order valence-electron chi connectivity index (χ4n) is 6.77. The van der Waals surface area contributed by atoms with Crippen molar-refractivity contribution in [1.82, 2.24) is 9.80 Å². The van der Waals surface area contributed by atoms with Gasteiger partial charge in [-0.05, 0) is 38.7 Å². The van der Waals surface area contributed by atoms with Gasteiger partial charge in [0.25, 0.3) is 0 Å². The molecular weight excluding hydrogens is 472 g/mol. The minimum Gasteiger partial charge on any atom is -0.466 e. The summed E-state index contributed by atoms with van der Waals surface area (Å²) in [7, 11) is 0. The van der Waals surface area contributed by atoms with Gasteiger partial charge in [-0.25, -0.2) is 0 Å². The average Bonchev–Trinajstić information content (AvgIpc) is 3.46. The van der Waals surface area contributed by atoms with E-state index in [1.807, 2.05) is 37.3 Å². The lowest BCUT2D eigenvalue weighted by molar-refractivity contribution is -0.161. The van der Waals surface area contributed by atoms with Gasteiger partial charge in [0.15, 0.2) is 0 Å². The average molecular weight is 513 g/mol. The Morgan fingerprint density at radius 3 is 2.62 bits per heavy atom. The number of esters is 1. The Balaban J connectivity index is 1.82. The molecule has 2 amide bonds. The van der Waals surface area contributed by atoms with Crippen LogP contribution in [0.25, 0.3) is 0 Å². The number of nitrogens with zero attached hydrogens (tertiary/aromatic N) is 2. The second-order valence-corrected chi connectivity index (χ2v) is 10.6. The van der Waals surface area contributed by atoms with E-state index in [0.29, 0.717) is 25.9 Å². The number of fused-ring (bicyclic) bond motifs is 1. The van der Waals surface area contributed by atoms with Crippen molar-refractivity contribution in [2.24, 2.45) is 11.8 Å². The summed E-state index contributed by atoms with van der Waals surface area (Å²) >= 11 is 0. The topological polar surface area (TPSA) is 96.4 Å². The summed E-state index contributed by atoms with van der Waals surface area (Å²) in [5.74, 6) is -2.69. The molecule has 202 valence electrons. The zero-order valence-electron chi connectivity index (χ0n) is 22.2. The van der Waals surface area contributed by atoms with E-state index in [1.54, 1.807) is 17.9 Å². The van der Waals surface area contributed by atoms with Crippen molar-refractivity contribution in [3.05, 3.63) is 48.6 Å². The van der Waals surface area contributed by atoms with Crippen molar-refractivity contribution in [1.29, 1.82) is 0 Å². The molecule has 3 aliphatic heterocycles. The van der Waals surface area contributed by atoms with Gasteiger partial charge in [-0.3, -0.25) is 14.4 Å². The first-order valence-electron chi connectivity index (χ1n) is 13.5. The third-order valence-corrected chi connectivity index (χ3v) is 8.37. The summed E-state index contributed by atoms with van der Waals surface area (Å²) in [6.07, 6.45) is 5.54. The second-order valence-electron chi connectivity index (χ2n) is 10.6. The van der Waals surface area contributed by atoms with Crippen LogP contribution in [-0.4, -0.2) is 76.2 Å². The van der Waals surface area contributed by atoms with Crippen LogP contribution in [0.5, 0.6) is 0 Å². The summed E-state index contributed by atoms with van der Waals surface area (Å²) in [6, 6.07) is 7.51. The number of aliphatic hydroxyl groups excluding tert-OH is 1. The van der Waals surface area contributed by atoms with Gasteiger partial charge in [0.05, 0.1) is 30.8 Å². The van der Waals surface area contributed by atoms with Crippen LogP contribution < -0.4 is 0 Å².